The van der Waals surface area contributed by atoms with Gasteiger partial charge >= 0.3 is 0 Å². The molecule has 0 nitrogen and oxygen atoms in total. The topological polar surface area (TPSA) is 0 Å². The molecule has 0 aliphatic rings. The summed E-state index contributed by atoms with van der Waals surface area (Å²) in [6, 6.07) is 33.9. The number of fused-ring (bicyclic) bond motifs is 3. The van der Waals surface area contributed by atoms with Gasteiger partial charge in [0.2, 0.25) is 0 Å². The van der Waals surface area contributed by atoms with E-state index in [1.807, 2.05) is 11.3 Å². The average molecular weight is 399 g/mol. The Morgan fingerprint density at radius 1 is 0.533 bits per heavy atom. The van der Waals surface area contributed by atoms with Gasteiger partial charge in [-0.2, -0.15) is 0 Å². The molecule has 1 heteroatoms. The Kier molecular flexibility index (Phi) is 3.17. The lowest BCUT2D eigenvalue weighted by atomic mass is 9.88. The lowest BCUT2D eigenvalue weighted by Crippen LogP contribution is -1.88. The summed E-state index contributed by atoms with van der Waals surface area (Å²) in [5.41, 5.74) is 3.95. The third kappa shape index (κ3) is 2.10. The highest BCUT2D eigenvalue weighted by molar-refractivity contribution is 7.25. The monoisotopic (exact) mass is 398 g/mol. The zero-order valence-corrected chi connectivity index (χ0v) is 17.4. The Morgan fingerprint density at radius 2 is 1.20 bits per heavy atom. The van der Waals surface area contributed by atoms with Gasteiger partial charge in [0.05, 0.1) is 0 Å². The van der Waals surface area contributed by atoms with Gasteiger partial charge in [0.25, 0.3) is 0 Å². The second kappa shape index (κ2) is 5.81. The van der Waals surface area contributed by atoms with E-state index < -0.39 is 0 Å². The van der Waals surface area contributed by atoms with Gasteiger partial charge in [-0.15, -0.1) is 11.3 Å². The Bertz CT molecular complexity index is 1750. The van der Waals surface area contributed by atoms with Gasteiger partial charge in [-0.25, -0.2) is 0 Å². The lowest BCUT2D eigenvalue weighted by Gasteiger charge is -2.15. The van der Waals surface area contributed by atoms with Crippen molar-refractivity contribution in [2.45, 2.75) is 6.92 Å². The maximum absolute atomic E-state index is 2.37. The smallest absolute Gasteiger partial charge is 0.0361 e. The van der Waals surface area contributed by atoms with Crippen molar-refractivity contribution in [3.8, 4) is 11.1 Å². The molecule has 7 rings (SSSR count). The first-order valence-corrected chi connectivity index (χ1v) is 11.2. The molecular weight excluding hydrogens is 380 g/mol. The van der Waals surface area contributed by atoms with E-state index in [0.29, 0.717) is 0 Å². The molecule has 0 radical (unpaired) electrons. The second-order valence-corrected chi connectivity index (χ2v) is 9.31. The number of hydrogen-bond acceptors (Lipinski definition) is 1. The van der Waals surface area contributed by atoms with Crippen LogP contribution in [0.15, 0.2) is 91.0 Å². The van der Waals surface area contributed by atoms with Crippen LogP contribution in [0.3, 0.4) is 0 Å². The Labute approximate surface area is 178 Å². The van der Waals surface area contributed by atoms with Crippen molar-refractivity contribution < 1.29 is 0 Å². The van der Waals surface area contributed by atoms with Crippen molar-refractivity contribution in [3.05, 3.63) is 96.6 Å². The van der Waals surface area contributed by atoms with Gasteiger partial charge in [-0.05, 0) is 68.1 Å². The van der Waals surface area contributed by atoms with Crippen LogP contribution in [-0.4, -0.2) is 0 Å². The lowest BCUT2D eigenvalue weighted by molar-refractivity contribution is 1.55. The highest BCUT2D eigenvalue weighted by Crippen LogP contribution is 2.42. The average Bonchev–Trinajstić information content (AvgIpc) is 3.16. The van der Waals surface area contributed by atoms with Crippen LogP contribution in [0.25, 0.3) is 63.6 Å². The first-order valence-electron chi connectivity index (χ1n) is 10.4. The minimum absolute atomic E-state index is 1.30. The second-order valence-electron chi connectivity index (χ2n) is 8.23. The predicted octanol–water partition coefficient (Wildman–Crippen LogP) is 8.93. The standard InChI is InChI=1S/C29H18S/c1-17-6-7-18-10-15-25-22(13-9-19-8-12-21(17)28(18)29(19)25)20-11-14-24-23-4-2-3-5-26(23)30-27(24)16-20/h2-16H,1H3. The number of rotatable bonds is 1. The molecule has 1 aromatic heterocycles. The SMILES string of the molecule is Cc1ccc2ccc3c(-c4ccc5c(c4)sc4ccccc45)ccc4ccc1c2c43. The first kappa shape index (κ1) is 16.4. The van der Waals surface area contributed by atoms with Crippen molar-refractivity contribution in [2.24, 2.45) is 0 Å². The predicted molar refractivity (Wildman–Crippen MR) is 133 cm³/mol. The van der Waals surface area contributed by atoms with Gasteiger partial charge in [0, 0.05) is 20.2 Å². The molecule has 0 N–H and O–H groups in total. The third-order valence-corrected chi connectivity index (χ3v) is 7.71. The molecule has 0 bridgehead atoms. The first-order chi connectivity index (χ1) is 14.8. The van der Waals surface area contributed by atoms with Crippen LogP contribution in [0, 0.1) is 6.92 Å². The largest absolute Gasteiger partial charge is 0.135 e. The minimum Gasteiger partial charge on any atom is -0.135 e. The zero-order chi connectivity index (χ0) is 19.8. The van der Waals surface area contributed by atoms with Crippen molar-refractivity contribution in [3.63, 3.8) is 0 Å². The summed E-state index contributed by atoms with van der Waals surface area (Å²) in [7, 11) is 0. The normalized spacial score (nSPS) is 12.2. The maximum Gasteiger partial charge on any atom is 0.0361 e. The molecule has 140 valence electrons. The molecule has 6 aromatic carbocycles. The van der Waals surface area contributed by atoms with E-state index in [0.717, 1.165) is 0 Å². The summed E-state index contributed by atoms with van der Waals surface area (Å²) in [6.45, 7) is 2.21. The molecular formula is C29H18S. The Balaban J connectivity index is 1.57. The number of benzene rings is 6. The van der Waals surface area contributed by atoms with Crippen LogP contribution in [0.4, 0.5) is 0 Å². The minimum atomic E-state index is 1.30. The third-order valence-electron chi connectivity index (χ3n) is 6.57. The van der Waals surface area contributed by atoms with Crippen molar-refractivity contribution in [1.29, 1.82) is 0 Å². The summed E-state index contributed by atoms with van der Waals surface area (Å²) < 4.78 is 2.71. The quantitative estimate of drug-likeness (QED) is 0.242. The summed E-state index contributed by atoms with van der Waals surface area (Å²) in [5, 5.41) is 10.9. The van der Waals surface area contributed by atoms with Gasteiger partial charge in [0.1, 0.15) is 0 Å². The van der Waals surface area contributed by atoms with Gasteiger partial charge in [0.15, 0.2) is 0 Å². The number of aryl methyl sites for hydroxylation is 1. The molecule has 7 aromatic rings. The van der Waals surface area contributed by atoms with Gasteiger partial charge in [-0.3, -0.25) is 0 Å². The summed E-state index contributed by atoms with van der Waals surface area (Å²) in [5.74, 6) is 0. The molecule has 0 aliphatic heterocycles. The fourth-order valence-corrected chi connectivity index (χ4v) is 6.24. The molecule has 0 aliphatic carbocycles. The van der Waals surface area contributed by atoms with Gasteiger partial charge in [-0.1, -0.05) is 78.9 Å². The molecule has 1 heterocycles. The molecule has 0 saturated heterocycles. The fraction of sp³-hybridized carbons (Fsp3) is 0.0345. The van der Waals surface area contributed by atoms with E-state index >= 15 is 0 Å². The van der Waals surface area contributed by atoms with Crippen LogP contribution in [-0.2, 0) is 0 Å². The summed E-state index contributed by atoms with van der Waals surface area (Å²) >= 11 is 1.89. The Hall–Kier alpha value is -3.42. The van der Waals surface area contributed by atoms with Crippen LogP contribution in [0.2, 0.25) is 0 Å². The molecule has 0 spiro atoms. The highest BCUT2D eigenvalue weighted by Gasteiger charge is 2.14. The fourth-order valence-electron chi connectivity index (χ4n) is 5.09. The van der Waals surface area contributed by atoms with Crippen LogP contribution in [0.1, 0.15) is 5.56 Å². The van der Waals surface area contributed by atoms with Crippen molar-refractivity contribution >= 4 is 63.8 Å². The van der Waals surface area contributed by atoms with E-state index in [-0.39, 0.29) is 0 Å². The summed E-state index contributed by atoms with van der Waals surface area (Å²) in [6.07, 6.45) is 0. The number of thiophene rings is 1. The van der Waals surface area contributed by atoms with E-state index in [4.69, 9.17) is 0 Å². The number of hydrogen-bond donors (Lipinski definition) is 0. The molecule has 0 atom stereocenters. The van der Waals surface area contributed by atoms with E-state index in [9.17, 15) is 0 Å². The van der Waals surface area contributed by atoms with E-state index in [2.05, 4.69) is 97.9 Å². The van der Waals surface area contributed by atoms with Gasteiger partial charge < -0.3 is 0 Å². The van der Waals surface area contributed by atoms with E-state index in [1.165, 1.54) is 69.2 Å². The summed E-state index contributed by atoms with van der Waals surface area (Å²) in [4.78, 5) is 0. The molecule has 0 unspecified atom stereocenters. The van der Waals surface area contributed by atoms with Crippen LogP contribution < -0.4 is 0 Å². The van der Waals surface area contributed by atoms with Crippen molar-refractivity contribution in [2.75, 3.05) is 0 Å². The zero-order valence-electron chi connectivity index (χ0n) is 16.6. The van der Waals surface area contributed by atoms with E-state index in [1.54, 1.807) is 0 Å². The van der Waals surface area contributed by atoms with Crippen molar-refractivity contribution in [1.82, 2.24) is 0 Å². The highest BCUT2D eigenvalue weighted by atomic mass is 32.1. The molecule has 0 saturated carbocycles. The Morgan fingerprint density at radius 3 is 2.10 bits per heavy atom. The van der Waals surface area contributed by atoms with Crippen LogP contribution >= 0.6 is 11.3 Å². The maximum atomic E-state index is 2.37. The van der Waals surface area contributed by atoms with Crippen LogP contribution in [0.5, 0.6) is 0 Å². The molecule has 30 heavy (non-hydrogen) atoms. The molecule has 0 fully saturated rings. The molecule has 0 amide bonds.